The van der Waals surface area contributed by atoms with Crippen molar-refractivity contribution in [2.45, 2.75) is 19.9 Å². The molecule has 1 heterocycles. The largest absolute Gasteiger partial charge is 0.379 e. The molecule has 0 aromatic heterocycles. The highest BCUT2D eigenvalue weighted by molar-refractivity contribution is 6.02. The van der Waals surface area contributed by atoms with Gasteiger partial charge in [0.2, 0.25) is 5.91 Å². The quantitative estimate of drug-likeness (QED) is 0.819. The number of carbonyl (C=O) groups excluding carboxylic acids is 1. The summed E-state index contributed by atoms with van der Waals surface area (Å²) >= 11 is 0. The van der Waals surface area contributed by atoms with Crippen LogP contribution >= 0.6 is 0 Å². The Kier molecular flexibility index (Phi) is 6.21. The molecule has 0 radical (unpaired) electrons. The zero-order valence-corrected chi connectivity index (χ0v) is 15.4. The third-order valence-corrected chi connectivity index (χ3v) is 4.80. The van der Waals surface area contributed by atoms with Crippen LogP contribution in [0.3, 0.4) is 0 Å². The fraction of sp³-hybridized carbons (Fsp3) is 0.318. The van der Waals surface area contributed by atoms with Crippen molar-refractivity contribution in [3.63, 3.8) is 0 Å². The fourth-order valence-electron chi connectivity index (χ4n) is 3.29. The van der Waals surface area contributed by atoms with Gasteiger partial charge in [-0.2, -0.15) is 0 Å². The van der Waals surface area contributed by atoms with E-state index < -0.39 is 0 Å². The molecule has 1 fully saturated rings. The Bertz CT molecular complexity index is 762. The van der Waals surface area contributed by atoms with Crippen molar-refractivity contribution in [1.82, 2.24) is 4.90 Å². The molecule has 2 aromatic rings. The lowest BCUT2D eigenvalue weighted by Gasteiger charge is -2.32. The average molecular weight is 350 g/mol. The number of ether oxygens (including phenoxy) is 1. The number of rotatable bonds is 5. The molecule has 4 heteroatoms. The van der Waals surface area contributed by atoms with Crippen molar-refractivity contribution >= 4 is 11.6 Å². The number of hydrogen-bond donors (Lipinski definition) is 1. The minimum Gasteiger partial charge on any atom is -0.379 e. The molecule has 0 spiro atoms. The first-order chi connectivity index (χ1) is 12.7. The van der Waals surface area contributed by atoms with Gasteiger partial charge in [0.1, 0.15) is 0 Å². The molecule has 1 atom stereocenters. The lowest BCUT2D eigenvalue weighted by atomic mass is 9.99. The summed E-state index contributed by atoms with van der Waals surface area (Å²) < 4.78 is 5.44. The number of carbonyl (C=O) groups is 1. The first-order valence-corrected chi connectivity index (χ1v) is 9.14. The summed E-state index contributed by atoms with van der Waals surface area (Å²) in [5, 5.41) is 2.95. The number of para-hydroxylation sites is 1. The molecule has 1 saturated heterocycles. The summed E-state index contributed by atoms with van der Waals surface area (Å²) in [7, 11) is 0. The lowest BCUT2D eigenvalue weighted by Crippen LogP contribution is -2.37. The lowest BCUT2D eigenvalue weighted by molar-refractivity contribution is -0.111. The van der Waals surface area contributed by atoms with Crippen molar-refractivity contribution in [3.8, 4) is 11.1 Å². The molecule has 1 N–H and O–H groups in total. The smallest absolute Gasteiger partial charge is 0.248 e. The van der Waals surface area contributed by atoms with Gasteiger partial charge in [0.15, 0.2) is 0 Å². The third kappa shape index (κ3) is 4.40. The fourth-order valence-corrected chi connectivity index (χ4v) is 3.29. The van der Waals surface area contributed by atoms with Crippen LogP contribution in [-0.4, -0.2) is 37.1 Å². The summed E-state index contributed by atoms with van der Waals surface area (Å²) in [6.45, 7) is 7.64. The second-order valence-corrected chi connectivity index (χ2v) is 6.48. The highest BCUT2D eigenvalue weighted by atomic mass is 16.5. The van der Waals surface area contributed by atoms with Gasteiger partial charge in [-0.05, 0) is 37.1 Å². The molecule has 4 nitrogen and oxygen atoms in total. The number of hydrogen-bond acceptors (Lipinski definition) is 3. The molecular formula is C22H26N2O2. The van der Waals surface area contributed by atoms with Gasteiger partial charge in [-0.1, -0.05) is 48.5 Å². The van der Waals surface area contributed by atoms with Gasteiger partial charge in [0.25, 0.3) is 0 Å². The second-order valence-electron chi connectivity index (χ2n) is 6.48. The van der Waals surface area contributed by atoms with Crippen molar-refractivity contribution < 1.29 is 9.53 Å². The molecule has 136 valence electrons. The summed E-state index contributed by atoms with van der Waals surface area (Å²) in [6, 6.07) is 16.9. The van der Waals surface area contributed by atoms with E-state index >= 15 is 0 Å². The van der Waals surface area contributed by atoms with Gasteiger partial charge in [0, 0.05) is 30.4 Å². The van der Waals surface area contributed by atoms with Crippen molar-refractivity contribution in [2.24, 2.45) is 0 Å². The first kappa shape index (κ1) is 18.4. The number of allylic oxidation sites excluding steroid dienone is 1. The van der Waals surface area contributed by atoms with Crippen LogP contribution in [0.15, 0.2) is 60.7 Å². The van der Waals surface area contributed by atoms with E-state index in [1.807, 2.05) is 31.2 Å². The highest BCUT2D eigenvalue weighted by Crippen LogP contribution is 2.30. The van der Waals surface area contributed by atoms with E-state index in [0.29, 0.717) is 6.04 Å². The Morgan fingerprint density at radius 1 is 1.12 bits per heavy atom. The Hall–Kier alpha value is -2.43. The summed E-state index contributed by atoms with van der Waals surface area (Å²) in [5.74, 6) is -0.113. The normalized spacial score (nSPS) is 16.5. The number of nitrogens with one attached hydrogen (secondary N) is 1. The maximum atomic E-state index is 11.9. The minimum absolute atomic E-state index is 0.113. The van der Waals surface area contributed by atoms with E-state index in [9.17, 15) is 4.79 Å². The molecule has 1 aliphatic rings. The molecular weight excluding hydrogens is 324 g/mol. The van der Waals surface area contributed by atoms with Gasteiger partial charge >= 0.3 is 0 Å². The van der Waals surface area contributed by atoms with Gasteiger partial charge < -0.3 is 10.1 Å². The predicted octanol–water partition coefficient (Wildman–Crippen LogP) is 4.26. The first-order valence-electron chi connectivity index (χ1n) is 9.14. The zero-order valence-electron chi connectivity index (χ0n) is 15.4. The molecule has 26 heavy (non-hydrogen) atoms. The van der Waals surface area contributed by atoms with E-state index in [1.165, 1.54) is 11.6 Å². The topological polar surface area (TPSA) is 41.6 Å². The van der Waals surface area contributed by atoms with E-state index in [-0.39, 0.29) is 5.91 Å². The summed E-state index contributed by atoms with van der Waals surface area (Å²) in [4.78, 5) is 14.3. The van der Waals surface area contributed by atoms with Crippen LogP contribution in [0.1, 0.15) is 25.5 Å². The van der Waals surface area contributed by atoms with Gasteiger partial charge in [-0.15, -0.1) is 0 Å². The van der Waals surface area contributed by atoms with Gasteiger partial charge in [0.05, 0.1) is 13.2 Å². The molecule has 0 bridgehead atoms. The van der Waals surface area contributed by atoms with E-state index in [2.05, 4.69) is 41.4 Å². The molecule has 1 amide bonds. The van der Waals surface area contributed by atoms with Crippen molar-refractivity contribution in [3.05, 3.63) is 66.2 Å². The van der Waals surface area contributed by atoms with E-state index in [0.717, 1.165) is 43.1 Å². The monoisotopic (exact) mass is 350 g/mol. The standard InChI is InChI=1S/C22H26N2O2/c1-3-6-22(25)23-21-8-5-4-7-20(21)19-11-9-18(10-12-19)17(2)24-13-15-26-16-14-24/h3-12,17H,13-16H2,1-2H3,(H,23,25)/b6-3+/t17-/m0/s1. The summed E-state index contributed by atoms with van der Waals surface area (Å²) in [5.41, 5.74) is 4.24. The van der Waals surface area contributed by atoms with Crippen LogP contribution in [0, 0.1) is 0 Å². The molecule has 0 unspecified atom stereocenters. The van der Waals surface area contributed by atoms with Gasteiger partial charge in [-0.3, -0.25) is 9.69 Å². The maximum absolute atomic E-state index is 11.9. The SMILES string of the molecule is C/C=C/C(=O)Nc1ccccc1-c1ccc([C@H](C)N2CCOCC2)cc1. The number of amides is 1. The van der Waals surface area contributed by atoms with Crippen LogP contribution in [0.5, 0.6) is 0 Å². The summed E-state index contributed by atoms with van der Waals surface area (Å²) in [6.07, 6.45) is 3.27. The van der Waals surface area contributed by atoms with E-state index in [4.69, 9.17) is 4.74 Å². The van der Waals surface area contributed by atoms with Crippen LogP contribution in [0.4, 0.5) is 5.69 Å². The number of benzene rings is 2. The Balaban J connectivity index is 1.79. The van der Waals surface area contributed by atoms with Crippen molar-refractivity contribution in [1.29, 1.82) is 0 Å². The second kappa shape index (κ2) is 8.79. The Morgan fingerprint density at radius 2 is 1.81 bits per heavy atom. The number of anilines is 1. The molecule has 2 aromatic carbocycles. The number of nitrogens with zero attached hydrogens (tertiary/aromatic N) is 1. The van der Waals surface area contributed by atoms with Crippen LogP contribution in [0.2, 0.25) is 0 Å². The van der Waals surface area contributed by atoms with Crippen LogP contribution in [0.25, 0.3) is 11.1 Å². The Morgan fingerprint density at radius 3 is 2.50 bits per heavy atom. The third-order valence-electron chi connectivity index (χ3n) is 4.80. The highest BCUT2D eigenvalue weighted by Gasteiger charge is 2.18. The van der Waals surface area contributed by atoms with Crippen LogP contribution < -0.4 is 5.32 Å². The number of morpholine rings is 1. The predicted molar refractivity (Wildman–Crippen MR) is 106 cm³/mol. The van der Waals surface area contributed by atoms with Crippen molar-refractivity contribution in [2.75, 3.05) is 31.6 Å². The average Bonchev–Trinajstić information content (AvgIpc) is 2.69. The van der Waals surface area contributed by atoms with Crippen LogP contribution in [-0.2, 0) is 9.53 Å². The minimum atomic E-state index is -0.113. The maximum Gasteiger partial charge on any atom is 0.248 e. The molecule has 0 aliphatic carbocycles. The molecule has 1 aliphatic heterocycles. The Labute approximate surface area is 155 Å². The van der Waals surface area contributed by atoms with Gasteiger partial charge in [-0.25, -0.2) is 0 Å². The molecule has 3 rings (SSSR count). The van der Waals surface area contributed by atoms with E-state index in [1.54, 1.807) is 6.08 Å². The molecule has 0 saturated carbocycles. The zero-order chi connectivity index (χ0) is 18.4.